The molecule has 0 bridgehead atoms. The summed E-state index contributed by atoms with van der Waals surface area (Å²) in [6.45, 7) is 4.14. The van der Waals surface area contributed by atoms with Crippen LogP contribution in [0.15, 0.2) is 54.7 Å². The van der Waals surface area contributed by atoms with Gasteiger partial charge in [0.2, 0.25) is 5.95 Å². The number of nitrogens with one attached hydrogen (secondary N) is 2. The molecular formula is C25H29F3N4. The number of aromatic nitrogens is 2. The maximum atomic E-state index is 13.5. The molecule has 0 radical (unpaired) electrons. The molecule has 7 heteroatoms. The molecule has 1 aromatic heterocycles. The van der Waals surface area contributed by atoms with Crippen LogP contribution in [0.25, 0.3) is 0 Å². The van der Waals surface area contributed by atoms with Crippen molar-refractivity contribution in [1.29, 1.82) is 0 Å². The Kier molecular flexibility index (Phi) is 8.09. The third-order valence-corrected chi connectivity index (χ3v) is 5.27. The second kappa shape index (κ2) is 11.0. The third kappa shape index (κ3) is 6.45. The Hall–Kier alpha value is -3.09. The van der Waals surface area contributed by atoms with Crippen molar-refractivity contribution in [3.8, 4) is 0 Å². The molecule has 0 amide bonds. The van der Waals surface area contributed by atoms with Crippen molar-refractivity contribution in [2.24, 2.45) is 0 Å². The van der Waals surface area contributed by atoms with Gasteiger partial charge in [-0.25, -0.2) is 4.98 Å². The van der Waals surface area contributed by atoms with Crippen LogP contribution in [0.1, 0.15) is 56.2 Å². The van der Waals surface area contributed by atoms with E-state index in [-0.39, 0.29) is 11.8 Å². The van der Waals surface area contributed by atoms with Crippen LogP contribution in [0.3, 0.4) is 0 Å². The first-order valence-electron chi connectivity index (χ1n) is 11.1. The van der Waals surface area contributed by atoms with E-state index in [4.69, 9.17) is 0 Å². The molecule has 4 nitrogen and oxygen atoms in total. The number of para-hydroxylation sites is 1. The lowest BCUT2D eigenvalue weighted by Crippen LogP contribution is -2.13. The van der Waals surface area contributed by atoms with Crippen LogP contribution in [0.2, 0.25) is 0 Å². The molecule has 32 heavy (non-hydrogen) atoms. The maximum absolute atomic E-state index is 13.5. The zero-order valence-electron chi connectivity index (χ0n) is 18.5. The highest BCUT2D eigenvalue weighted by molar-refractivity contribution is 5.65. The Balaban J connectivity index is 1.78. The molecule has 2 aromatic carbocycles. The first-order chi connectivity index (χ1) is 15.4. The first kappa shape index (κ1) is 23.6. The fourth-order valence-corrected chi connectivity index (χ4v) is 3.46. The minimum absolute atomic E-state index is 0.102. The van der Waals surface area contributed by atoms with Crippen molar-refractivity contribution in [3.63, 3.8) is 0 Å². The number of hydrogen-bond acceptors (Lipinski definition) is 4. The van der Waals surface area contributed by atoms with E-state index in [1.54, 1.807) is 12.1 Å². The number of nitrogens with zero attached hydrogens (tertiary/aromatic N) is 2. The van der Waals surface area contributed by atoms with Gasteiger partial charge in [-0.1, -0.05) is 63.4 Å². The lowest BCUT2D eigenvalue weighted by Gasteiger charge is -2.16. The van der Waals surface area contributed by atoms with Gasteiger partial charge in [0.1, 0.15) is 11.4 Å². The number of unbranched alkanes of at least 4 members (excludes halogenated alkanes) is 3. The molecule has 3 rings (SSSR count). The van der Waals surface area contributed by atoms with Crippen LogP contribution in [0.4, 0.5) is 36.3 Å². The second-order valence-electron chi connectivity index (χ2n) is 7.72. The van der Waals surface area contributed by atoms with Gasteiger partial charge >= 0.3 is 6.18 Å². The molecular weight excluding hydrogens is 413 g/mol. The van der Waals surface area contributed by atoms with Gasteiger partial charge in [-0.3, -0.25) is 0 Å². The van der Waals surface area contributed by atoms with Crippen LogP contribution in [0, 0.1) is 0 Å². The van der Waals surface area contributed by atoms with Gasteiger partial charge < -0.3 is 10.6 Å². The zero-order chi connectivity index (χ0) is 23.0. The Labute approximate surface area is 187 Å². The summed E-state index contributed by atoms with van der Waals surface area (Å²) >= 11 is 0. The van der Waals surface area contributed by atoms with E-state index in [1.807, 2.05) is 43.3 Å². The molecule has 0 saturated carbocycles. The van der Waals surface area contributed by atoms with E-state index in [9.17, 15) is 13.2 Å². The fourth-order valence-electron chi connectivity index (χ4n) is 3.46. The summed E-state index contributed by atoms with van der Waals surface area (Å²) in [7, 11) is 0. The van der Waals surface area contributed by atoms with E-state index in [2.05, 4.69) is 27.5 Å². The smallest absolute Gasteiger partial charge is 0.339 e. The van der Waals surface area contributed by atoms with E-state index < -0.39 is 11.7 Å². The van der Waals surface area contributed by atoms with Crippen LogP contribution in [-0.4, -0.2) is 9.97 Å². The molecule has 2 N–H and O–H groups in total. The van der Waals surface area contributed by atoms with Gasteiger partial charge in [-0.2, -0.15) is 18.2 Å². The van der Waals surface area contributed by atoms with Gasteiger partial charge in [0, 0.05) is 17.6 Å². The Bertz CT molecular complexity index is 1000. The van der Waals surface area contributed by atoms with Crippen LogP contribution < -0.4 is 10.6 Å². The number of benzene rings is 2. The molecule has 1 heterocycles. The molecule has 0 saturated heterocycles. The largest absolute Gasteiger partial charge is 0.421 e. The molecule has 0 atom stereocenters. The number of hydrogen-bond donors (Lipinski definition) is 2. The molecule has 0 aliphatic rings. The lowest BCUT2D eigenvalue weighted by atomic mass is 10.1. The summed E-state index contributed by atoms with van der Waals surface area (Å²) in [6.07, 6.45) is 2.76. The average molecular weight is 443 g/mol. The van der Waals surface area contributed by atoms with Crippen LogP contribution in [0.5, 0.6) is 0 Å². The molecule has 170 valence electrons. The van der Waals surface area contributed by atoms with Gasteiger partial charge in [0.25, 0.3) is 0 Å². The van der Waals surface area contributed by atoms with Gasteiger partial charge in [-0.05, 0) is 48.6 Å². The van der Waals surface area contributed by atoms with E-state index in [0.29, 0.717) is 12.1 Å². The summed E-state index contributed by atoms with van der Waals surface area (Å²) in [4.78, 5) is 8.04. The summed E-state index contributed by atoms with van der Waals surface area (Å²) in [5.74, 6) is -0.173. The summed E-state index contributed by atoms with van der Waals surface area (Å²) in [5, 5.41) is 5.87. The molecule has 0 aliphatic heterocycles. The predicted octanol–water partition coefficient (Wildman–Crippen LogP) is 7.67. The molecule has 0 aliphatic carbocycles. The normalized spacial score (nSPS) is 11.4. The predicted molar refractivity (Wildman–Crippen MR) is 124 cm³/mol. The average Bonchev–Trinajstić information content (AvgIpc) is 2.77. The lowest BCUT2D eigenvalue weighted by molar-refractivity contribution is -0.137. The number of anilines is 4. The summed E-state index contributed by atoms with van der Waals surface area (Å²) in [5.41, 5.74) is 2.55. The first-order valence-corrected chi connectivity index (χ1v) is 11.1. The Morgan fingerprint density at radius 1 is 0.875 bits per heavy atom. The van der Waals surface area contributed by atoms with Crippen molar-refractivity contribution < 1.29 is 13.2 Å². The highest BCUT2D eigenvalue weighted by Gasteiger charge is 2.35. The standard InChI is InChI=1S/C25H29F3N4/c1-3-5-6-7-10-18-13-15-20(16-14-18)30-24-29-17-21(25(26,27)28)23(32-24)31-22-12-9-8-11-19(22)4-2/h8-9,11-17H,3-7,10H2,1-2H3,(H2,29,30,31,32). The Morgan fingerprint density at radius 2 is 1.62 bits per heavy atom. The number of rotatable bonds is 10. The minimum atomic E-state index is -4.57. The van der Waals surface area contributed by atoms with Gasteiger partial charge in [0.15, 0.2) is 0 Å². The summed E-state index contributed by atoms with van der Waals surface area (Å²) < 4.78 is 40.6. The minimum Gasteiger partial charge on any atom is -0.339 e. The van der Waals surface area contributed by atoms with Crippen molar-refractivity contribution in [2.45, 2.75) is 58.5 Å². The van der Waals surface area contributed by atoms with Gasteiger partial charge in [0.05, 0.1) is 0 Å². The zero-order valence-corrected chi connectivity index (χ0v) is 18.5. The SMILES string of the molecule is CCCCCCc1ccc(Nc2ncc(C(F)(F)F)c(Nc3ccccc3CC)n2)cc1. The molecule has 0 unspecified atom stereocenters. The molecule has 0 fully saturated rings. The van der Waals surface area contributed by atoms with E-state index >= 15 is 0 Å². The van der Waals surface area contributed by atoms with Crippen LogP contribution >= 0.6 is 0 Å². The fraction of sp³-hybridized carbons (Fsp3) is 0.360. The van der Waals surface area contributed by atoms with Crippen LogP contribution in [-0.2, 0) is 19.0 Å². The third-order valence-electron chi connectivity index (χ3n) is 5.27. The summed E-state index contributed by atoms with van der Waals surface area (Å²) in [6, 6.07) is 15.1. The van der Waals surface area contributed by atoms with Crippen molar-refractivity contribution >= 4 is 23.1 Å². The van der Waals surface area contributed by atoms with Crippen molar-refractivity contribution in [2.75, 3.05) is 10.6 Å². The molecule has 3 aromatic rings. The quantitative estimate of drug-likeness (QED) is 0.316. The number of halogens is 3. The molecule has 0 spiro atoms. The monoisotopic (exact) mass is 442 g/mol. The number of alkyl halides is 3. The van der Waals surface area contributed by atoms with Crippen molar-refractivity contribution in [3.05, 3.63) is 71.4 Å². The topological polar surface area (TPSA) is 49.8 Å². The highest BCUT2D eigenvalue weighted by Crippen LogP contribution is 2.36. The Morgan fingerprint density at radius 3 is 2.31 bits per heavy atom. The van der Waals surface area contributed by atoms with Gasteiger partial charge in [-0.15, -0.1) is 0 Å². The highest BCUT2D eigenvalue weighted by atomic mass is 19.4. The van der Waals surface area contributed by atoms with Crippen molar-refractivity contribution in [1.82, 2.24) is 9.97 Å². The van der Waals surface area contributed by atoms with E-state index in [1.165, 1.54) is 24.8 Å². The van der Waals surface area contributed by atoms with E-state index in [0.717, 1.165) is 30.3 Å². The second-order valence-corrected chi connectivity index (χ2v) is 7.72. The maximum Gasteiger partial charge on any atom is 0.421 e. The number of aryl methyl sites for hydroxylation is 2.